The number of ether oxygens (including phenoxy) is 1. The first kappa shape index (κ1) is 21.0. The summed E-state index contributed by atoms with van der Waals surface area (Å²) in [5.74, 6) is -1.27. The number of benzene rings is 3. The van der Waals surface area contributed by atoms with Gasteiger partial charge in [-0.15, -0.1) is 0 Å². The van der Waals surface area contributed by atoms with E-state index in [4.69, 9.17) is 9.15 Å². The topological polar surface area (TPSA) is 80.9 Å². The monoisotopic (exact) mass is 430 g/mol. The Kier molecular flexibility index (Phi) is 6.07. The van der Waals surface area contributed by atoms with Crippen LogP contribution < -0.4 is 10.9 Å². The maximum Gasteiger partial charge on any atom is 0.338 e. The van der Waals surface area contributed by atoms with Gasteiger partial charge in [-0.05, 0) is 67.6 Å². The van der Waals surface area contributed by atoms with Crippen LogP contribution in [0.15, 0.2) is 88.3 Å². The fourth-order valence-electron chi connectivity index (χ4n) is 3.05. The average Bonchev–Trinajstić information content (AvgIpc) is 2.80. The molecule has 0 aliphatic rings. The lowest BCUT2D eigenvalue weighted by Crippen LogP contribution is -2.21. The second-order valence-corrected chi connectivity index (χ2v) is 6.84. The summed E-state index contributed by atoms with van der Waals surface area (Å²) >= 11 is 0. The fraction of sp³-hybridized carbons (Fsp3) is 0.0800. The molecule has 0 aliphatic heterocycles. The molecule has 0 aliphatic carbocycles. The number of halogens is 1. The maximum absolute atomic E-state index is 13.2. The van der Waals surface area contributed by atoms with E-state index in [1.165, 1.54) is 24.3 Å². The molecule has 7 heteroatoms. The number of nitrogens with one attached hydrogen (secondary N) is 1. The van der Waals surface area contributed by atoms with Gasteiger partial charge in [0.25, 0.3) is 5.91 Å². The largest absolute Gasteiger partial charge is 0.462 e. The van der Waals surface area contributed by atoms with Crippen LogP contribution in [0.4, 0.5) is 15.8 Å². The van der Waals surface area contributed by atoms with Gasteiger partial charge < -0.3 is 14.5 Å². The number of hydrogen-bond donors (Lipinski definition) is 1. The summed E-state index contributed by atoms with van der Waals surface area (Å²) in [6.07, 6.45) is 0. The Balaban J connectivity index is 1.74. The van der Waals surface area contributed by atoms with E-state index < -0.39 is 17.7 Å². The Morgan fingerprint density at radius 2 is 1.72 bits per heavy atom. The van der Waals surface area contributed by atoms with E-state index in [9.17, 15) is 14.0 Å². The average molecular weight is 430 g/mol. The molecule has 1 amide bonds. The van der Waals surface area contributed by atoms with Crippen molar-refractivity contribution >= 4 is 34.2 Å². The number of para-hydroxylation sites is 1. The summed E-state index contributed by atoms with van der Waals surface area (Å²) in [5, 5.41) is 3.46. The van der Waals surface area contributed by atoms with Crippen molar-refractivity contribution in [3.63, 3.8) is 0 Å². The first-order valence-corrected chi connectivity index (χ1v) is 9.95. The zero-order chi connectivity index (χ0) is 22.5. The molecule has 4 aromatic rings. The van der Waals surface area contributed by atoms with Crippen molar-refractivity contribution < 1.29 is 23.1 Å². The van der Waals surface area contributed by atoms with Gasteiger partial charge in [0.15, 0.2) is 0 Å². The van der Waals surface area contributed by atoms with E-state index in [2.05, 4.69) is 10.3 Å². The van der Waals surface area contributed by atoms with Crippen LogP contribution in [0, 0.1) is 5.82 Å². The number of anilines is 1. The number of amides is 1. The number of carbonyl (C=O) groups excluding carboxylic acids is 2. The van der Waals surface area contributed by atoms with E-state index in [-0.39, 0.29) is 17.7 Å². The summed E-state index contributed by atoms with van der Waals surface area (Å²) in [4.78, 5) is 29.3. The minimum absolute atomic E-state index is 0.104. The maximum atomic E-state index is 13.2. The summed E-state index contributed by atoms with van der Waals surface area (Å²) in [5.41, 5.74) is 2.21. The van der Waals surface area contributed by atoms with Gasteiger partial charge in [-0.2, -0.15) is 0 Å². The van der Waals surface area contributed by atoms with Gasteiger partial charge >= 0.3 is 5.97 Å². The van der Waals surface area contributed by atoms with Gasteiger partial charge in [0.05, 0.1) is 17.9 Å². The minimum atomic E-state index is -0.451. The lowest BCUT2D eigenvalue weighted by Gasteiger charge is -2.07. The first-order valence-electron chi connectivity index (χ1n) is 9.95. The van der Waals surface area contributed by atoms with Crippen molar-refractivity contribution in [2.75, 3.05) is 11.9 Å². The van der Waals surface area contributed by atoms with Crippen molar-refractivity contribution in [2.24, 2.45) is 4.99 Å². The van der Waals surface area contributed by atoms with Crippen LogP contribution in [-0.2, 0) is 4.74 Å². The molecule has 0 saturated heterocycles. The van der Waals surface area contributed by atoms with Gasteiger partial charge in [-0.25, -0.2) is 14.2 Å². The fourth-order valence-corrected chi connectivity index (χ4v) is 3.05. The zero-order valence-corrected chi connectivity index (χ0v) is 17.2. The molecule has 0 saturated carbocycles. The third-order valence-corrected chi connectivity index (χ3v) is 4.61. The summed E-state index contributed by atoms with van der Waals surface area (Å²) in [7, 11) is 0. The van der Waals surface area contributed by atoms with Gasteiger partial charge in [0, 0.05) is 11.1 Å². The Bertz CT molecular complexity index is 1340. The van der Waals surface area contributed by atoms with E-state index >= 15 is 0 Å². The van der Waals surface area contributed by atoms with Gasteiger partial charge in [-0.3, -0.25) is 4.79 Å². The zero-order valence-electron chi connectivity index (χ0n) is 17.2. The smallest absolute Gasteiger partial charge is 0.338 e. The molecule has 1 aromatic heterocycles. The van der Waals surface area contributed by atoms with E-state index in [0.29, 0.717) is 22.5 Å². The van der Waals surface area contributed by atoms with Crippen molar-refractivity contribution in [3.05, 3.63) is 101 Å². The van der Waals surface area contributed by atoms with Crippen molar-refractivity contribution in [2.45, 2.75) is 6.92 Å². The lowest BCUT2D eigenvalue weighted by molar-refractivity contribution is 0.0526. The van der Waals surface area contributed by atoms with Gasteiger partial charge in [0.1, 0.15) is 17.0 Å². The molecule has 3 aromatic carbocycles. The SMILES string of the molecule is CCOC(=O)c1ccc(N=c2oc3ccccc3cc2C(=O)Nc2ccc(F)cc2)cc1. The molecule has 0 atom stereocenters. The van der Waals surface area contributed by atoms with Crippen LogP contribution in [0.1, 0.15) is 27.6 Å². The molecule has 0 radical (unpaired) electrons. The molecule has 0 fully saturated rings. The molecule has 0 spiro atoms. The Hall–Kier alpha value is -4.26. The highest BCUT2D eigenvalue weighted by Crippen LogP contribution is 2.17. The molecule has 6 nitrogen and oxygen atoms in total. The summed E-state index contributed by atoms with van der Waals surface area (Å²) in [6.45, 7) is 2.02. The van der Waals surface area contributed by atoms with Crippen LogP contribution in [0.3, 0.4) is 0 Å². The number of nitrogens with zero attached hydrogens (tertiary/aromatic N) is 1. The van der Waals surface area contributed by atoms with E-state index in [0.717, 1.165) is 5.39 Å². The molecule has 1 heterocycles. The minimum Gasteiger partial charge on any atom is -0.462 e. The van der Waals surface area contributed by atoms with E-state index in [1.807, 2.05) is 18.2 Å². The summed E-state index contributed by atoms with van der Waals surface area (Å²) < 4.78 is 24.1. The Morgan fingerprint density at radius 1 is 1.00 bits per heavy atom. The third kappa shape index (κ3) is 4.73. The second kappa shape index (κ2) is 9.26. The van der Waals surface area contributed by atoms with Gasteiger partial charge in [-0.1, -0.05) is 18.2 Å². The van der Waals surface area contributed by atoms with Crippen LogP contribution in [-0.4, -0.2) is 18.5 Å². The number of esters is 1. The van der Waals surface area contributed by atoms with Crippen molar-refractivity contribution in [1.29, 1.82) is 0 Å². The Labute approximate surface area is 183 Å². The Morgan fingerprint density at radius 3 is 2.44 bits per heavy atom. The van der Waals surface area contributed by atoms with Crippen LogP contribution >= 0.6 is 0 Å². The molecular weight excluding hydrogens is 411 g/mol. The molecule has 0 unspecified atom stereocenters. The van der Waals surface area contributed by atoms with Crippen molar-refractivity contribution in [1.82, 2.24) is 0 Å². The highest BCUT2D eigenvalue weighted by Gasteiger charge is 2.13. The third-order valence-electron chi connectivity index (χ3n) is 4.61. The van der Waals surface area contributed by atoms with Crippen LogP contribution in [0.25, 0.3) is 11.0 Å². The molecular formula is C25H19FN2O4. The number of fused-ring (bicyclic) bond motifs is 1. The molecule has 32 heavy (non-hydrogen) atoms. The van der Waals surface area contributed by atoms with Crippen molar-refractivity contribution in [3.8, 4) is 0 Å². The lowest BCUT2D eigenvalue weighted by atomic mass is 10.1. The molecule has 1 N–H and O–H groups in total. The number of rotatable bonds is 5. The molecule has 4 rings (SSSR count). The summed E-state index contributed by atoms with van der Waals surface area (Å²) in [6, 6.07) is 20.9. The predicted molar refractivity (Wildman–Crippen MR) is 118 cm³/mol. The van der Waals surface area contributed by atoms with Crippen LogP contribution in [0.2, 0.25) is 0 Å². The standard InChI is InChI=1S/C25H19FN2O4/c1-2-31-25(30)16-7-11-20(12-8-16)28-24-21(15-17-5-3-4-6-22(17)32-24)23(29)27-19-13-9-18(26)10-14-19/h3-15H,2H2,1H3,(H,27,29). The number of hydrogen-bond acceptors (Lipinski definition) is 5. The first-order chi connectivity index (χ1) is 15.5. The quantitative estimate of drug-likeness (QED) is 0.440. The molecule has 160 valence electrons. The normalized spacial score (nSPS) is 11.4. The van der Waals surface area contributed by atoms with Crippen LogP contribution in [0.5, 0.6) is 0 Å². The highest BCUT2D eigenvalue weighted by atomic mass is 19.1. The molecule has 0 bridgehead atoms. The second-order valence-electron chi connectivity index (χ2n) is 6.84. The van der Waals surface area contributed by atoms with E-state index in [1.54, 1.807) is 43.3 Å². The number of carbonyl (C=O) groups is 2. The highest BCUT2D eigenvalue weighted by molar-refractivity contribution is 6.05. The van der Waals surface area contributed by atoms with Gasteiger partial charge in [0.2, 0.25) is 5.55 Å². The predicted octanol–water partition coefficient (Wildman–Crippen LogP) is 5.23.